The predicted octanol–water partition coefficient (Wildman–Crippen LogP) is 2.47. The molecular formula is C16H15N3O2S. The summed E-state index contributed by atoms with van der Waals surface area (Å²) in [6, 6.07) is 7.53. The summed E-state index contributed by atoms with van der Waals surface area (Å²) in [5.41, 5.74) is 1.49. The number of aromatic hydroxyl groups is 1. The van der Waals surface area contributed by atoms with Gasteiger partial charge in [0.1, 0.15) is 5.71 Å². The van der Waals surface area contributed by atoms with Gasteiger partial charge in [-0.05, 0) is 25.2 Å². The molecule has 1 amide bonds. The van der Waals surface area contributed by atoms with Gasteiger partial charge in [-0.3, -0.25) is 9.69 Å². The molecule has 2 aromatic rings. The molecule has 22 heavy (non-hydrogen) atoms. The minimum absolute atomic E-state index is 0.0408. The fourth-order valence-electron chi connectivity index (χ4n) is 2.71. The Balaban J connectivity index is 2.22. The molecule has 0 bridgehead atoms. The van der Waals surface area contributed by atoms with Crippen LogP contribution in [-0.4, -0.2) is 37.8 Å². The Labute approximate surface area is 133 Å². The molecular weight excluding hydrogens is 298 g/mol. The van der Waals surface area contributed by atoms with Gasteiger partial charge in [-0.2, -0.15) is 0 Å². The van der Waals surface area contributed by atoms with Crippen molar-refractivity contribution in [2.24, 2.45) is 4.99 Å². The number of fused-ring (bicyclic) bond motifs is 1. The molecule has 0 saturated carbocycles. The monoisotopic (exact) mass is 313 g/mol. The lowest BCUT2D eigenvalue weighted by atomic mass is 10.1. The summed E-state index contributed by atoms with van der Waals surface area (Å²) in [6.45, 7) is 6.45. The van der Waals surface area contributed by atoms with Crippen LogP contribution in [0.25, 0.3) is 10.9 Å². The maximum atomic E-state index is 12.5. The second kappa shape index (κ2) is 5.38. The van der Waals surface area contributed by atoms with E-state index in [0.717, 1.165) is 10.9 Å². The van der Waals surface area contributed by atoms with Gasteiger partial charge in [0.2, 0.25) is 11.0 Å². The van der Waals surface area contributed by atoms with Crippen LogP contribution in [-0.2, 0) is 11.3 Å². The molecule has 1 aromatic carbocycles. The number of aryl methyl sites for hydroxylation is 1. The molecule has 0 spiro atoms. The van der Waals surface area contributed by atoms with E-state index in [1.165, 1.54) is 4.90 Å². The van der Waals surface area contributed by atoms with Gasteiger partial charge in [-0.1, -0.05) is 24.3 Å². The minimum Gasteiger partial charge on any atom is -0.494 e. The molecule has 1 aromatic heterocycles. The molecule has 0 saturated heterocycles. The summed E-state index contributed by atoms with van der Waals surface area (Å²) < 4.78 is 1.75. The third-order valence-corrected chi connectivity index (χ3v) is 4.01. The molecule has 6 heteroatoms. The minimum atomic E-state index is -0.306. The molecule has 0 unspecified atom stereocenters. The fraction of sp³-hybridized carbons (Fsp3) is 0.188. The highest BCUT2D eigenvalue weighted by Gasteiger charge is 2.34. The maximum absolute atomic E-state index is 12.5. The average Bonchev–Trinajstić information content (AvgIpc) is 2.95. The van der Waals surface area contributed by atoms with E-state index >= 15 is 0 Å². The summed E-state index contributed by atoms with van der Waals surface area (Å²) in [7, 11) is 0. The van der Waals surface area contributed by atoms with E-state index in [9.17, 15) is 9.90 Å². The van der Waals surface area contributed by atoms with Crippen molar-refractivity contribution in [1.82, 2.24) is 9.47 Å². The Morgan fingerprint density at radius 3 is 2.82 bits per heavy atom. The van der Waals surface area contributed by atoms with E-state index in [1.54, 1.807) is 10.6 Å². The largest absolute Gasteiger partial charge is 0.494 e. The van der Waals surface area contributed by atoms with Crippen molar-refractivity contribution >= 4 is 39.9 Å². The SMILES string of the molecule is C=CCN1C(=O)C(c2c(O)n(CC)c3ccccc23)=NC1=S. The van der Waals surface area contributed by atoms with Crippen molar-refractivity contribution < 1.29 is 9.90 Å². The van der Waals surface area contributed by atoms with E-state index in [0.29, 0.717) is 18.7 Å². The number of para-hydroxylation sites is 1. The number of carbonyl (C=O) groups excluding carboxylic acids is 1. The quantitative estimate of drug-likeness (QED) is 0.697. The maximum Gasteiger partial charge on any atom is 0.279 e. The van der Waals surface area contributed by atoms with Crippen molar-refractivity contribution in [3.8, 4) is 5.88 Å². The number of hydrogen-bond acceptors (Lipinski definition) is 3. The molecule has 0 aliphatic carbocycles. The molecule has 1 N–H and O–H groups in total. The third-order valence-electron chi connectivity index (χ3n) is 3.69. The first-order valence-electron chi connectivity index (χ1n) is 6.96. The topological polar surface area (TPSA) is 57.8 Å². The van der Waals surface area contributed by atoms with Gasteiger partial charge in [0.15, 0.2) is 0 Å². The number of carbonyl (C=O) groups is 1. The van der Waals surface area contributed by atoms with E-state index in [2.05, 4.69) is 11.6 Å². The summed E-state index contributed by atoms with van der Waals surface area (Å²) in [4.78, 5) is 18.1. The van der Waals surface area contributed by atoms with Crippen molar-refractivity contribution in [1.29, 1.82) is 0 Å². The van der Waals surface area contributed by atoms with Crippen LogP contribution in [0.5, 0.6) is 5.88 Å². The van der Waals surface area contributed by atoms with Crippen LogP contribution in [0.3, 0.4) is 0 Å². The van der Waals surface area contributed by atoms with Crippen molar-refractivity contribution in [3.05, 3.63) is 42.5 Å². The van der Waals surface area contributed by atoms with Crippen molar-refractivity contribution in [2.45, 2.75) is 13.5 Å². The lowest BCUT2D eigenvalue weighted by Crippen LogP contribution is -2.32. The van der Waals surface area contributed by atoms with Crippen LogP contribution in [0.1, 0.15) is 12.5 Å². The van der Waals surface area contributed by atoms with Crippen molar-refractivity contribution in [2.75, 3.05) is 6.54 Å². The second-order valence-electron chi connectivity index (χ2n) is 4.91. The number of benzene rings is 1. The summed E-state index contributed by atoms with van der Waals surface area (Å²) in [5.74, 6) is -0.266. The Morgan fingerprint density at radius 2 is 2.14 bits per heavy atom. The van der Waals surface area contributed by atoms with Gasteiger partial charge < -0.3 is 9.67 Å². The second-order valence-corrected chi connectivity index (χ2v) is 5.27. The van der Waals surface area contributed by atoms with Gasteiger partial charge in [0.25, 0.3) is 5.91 Å². The molecule has 0 atom stereocenters. The van der Waals surface area contributed by atoms with Crippen LogP contribution < -0.4 is 0 Å². The Bertz CT molecular complexity index is 835. The Kier molecular flexibility index (Phi) is 3.54. The van der Waals surface area contributed by atoms with Gasteiger partial charge in [-0.25, -0.2) is 4.99 Å². The van der Waals surface area contributed by atoms with Crippen LogP contribution in [0.15, 0.2) is 41.9 Å². The predicted molar refractivity (Wildman–Crippen MR) is 90.3 cm³/mol. The van der Waals surface area contributed by atoms with Crippen LogP contribution in [0.4, 0.5) is 0 Å². The average molecular weight is 313 g/mol. The Morgan fingerprint density at radius 1 is 1.41 bits per heavy atom. The molecule has 3 rings (SSSR count). The first-order chi connectivity index (χ1) is 10.6. The number of aromatic nitrogens is 1. The zero-order valence-electron chi connectivity index (χ0n) is 12.1. The molecule has 0 fully saturated rings. The number of rotatable bonds is 4. The summed E-state index contributed by atoms with van der Waals surface area (Å²) in [5, 5.41) is 11.5. The molecule has 1 aliphatic rings. The number of amides is 1. The fourth-order valence-corrected chi connectivity index (χ4v) is 2.96. The van der Waals surface area contributed by atoms with E-state index in [-0.39, 0.29) is 22.6 Å². The number of nitrogens with zero attached hydrogens (tertiary/aromatic N) is 3. The molecule has 2 heterocycles. The lowest BCUT2D eigenvalue weighted by molar-refractivity contribution is -0.119. The Hall–Kier alpha value is -2.47. The molecule has 5 nitrogen and oxygen atoms in total. The van der Waals surface area contributed by atoms with E-state index in [4.69, 9.17) is 12.2 Å². The first-order valence-corrected chi connectivity index (χ1v) is 7.37. The van der Waals surface area contributed by atoms with E-state index < -0.39 is 0 Å². The van der Waals surface area contributed by atoms with Crippen LogP contribution >= 0.6 is 12.2 Å². The smallest absolute Gasteiger partial charge is 0.279 e. The zero-order valence-corrected chi connectivity index (χ0v) is 12.9. The summed E-state index contributed by atoms with van der Waals surface area (Å²) >= 11 is 5.14. The van der Waals surface area contributed by atoms with Crippen molar-refractivity contribution in [3.63, 3.8) is 0 Å². The third kappa shape index (κ3) is 1.95. The highest BCUT2D eigenvalue weighted by Crippen LogP contribution is 2.33. The lowest BCUT2D eigenvalue weighted by Gasteiger charge is -2.11. The number of hydrogen-bond donors (Lipinski definition) is 1. The van der Waals surface area contributed by atoms with Crippen LogP contribution in [0, 0.1) is 0 Å². The number of aliphatic imine (C=N–C) groups is 1. The zero-order chi connectivity index (χ0) is 15.9. The van der Waals surface area contributed by atoms with Gasteiger partial charge in [0, 0.05) is 18.5 Å². The standard InChI is InChI=1S/C16H15N3O2S/c1-3-9-19-15(21)13(17-16(19)22)12-10-7-5-6-8-11(10)18(4-2)14(12)20/h3,5-8,20H,1,4,9H2,2H3. The van der Waals surface area contributed by atoms with Crippen LogP contribution in [0.2, 0.25) is 0 Å². The highest BCUT2D eigenvalue weighted by atomic mass is 32.1. The molecule has 1 aliphatic heterocycles. The van der Waals surface area contributed by atoms with Gasteiger partial charge in [0.05, 0.1) is 11.1 Å². The molecule has 0 radical (unpaired) electrons. The normalized spacial score (nSPS) is 14.8. The molecule has 112 valence electrons. The van der Waals surface area contributed by atoms with Gasteiger partial charge in [-0.15, -0.1) is 6.58 Å². The number of thiocarbonyl (C=S) groups is 1. The van der Waals surface area contributed by atoms with E-state index in [1.807, 2.05) is 31.2 Å². The summed E-state index contributed by atoms with van der Waals surface area (Å²) in [6.07, 6.45) is 1.60. The highest BCUT2D eigenvalue weighted by molar-refractivity contribution is 7.80. The first kappa shape index (κ1) is 14.5. The van der Waals surface area contributed by atoms with Gasteiger partial charge >= 0.3 is 0 Å².